The number of hydrogen-bond donors (Lipinski definition) is 0. The molecule has 0 unspecified atom stereocenters. The fourth-order valence-electron chi connectivity index (χ4n) is 6.08. The minimum absolute atomic E-state index is 0.0568. The molecule has 316 valence electrons. The van der Waals surface area contributed by atoms with E-state index in [4.69, 9.17) is 14.2 Å². The van der Waals surface area contributed by atoms with Gasteiger partial charge in [-0.15, -0.1) is 0 Å². The third kappa shape index (κ3) is 9.19. The Labute approximate surface area is 339 Å². The van der Waals surface area contributed by atoms with E-state index >= 15 is 0 Å². The first-order chi connectivity index (χ1) is 28.5. The summed E-state index contributed by atoms with van der Waals surface area (Å²) < 4.78 is 106. The van der Waals surface area contributed by atoms with Gasteiger partial charge >= 0.3 is 18.3 Å². The molecule has 0 bridgehead atoms. The van der Waals surface area contributed by atoms with Crippen molar-refractivity contribution < 1.29 is 64.4 Å². The van der Waals surface area contributed by atoms with E-state index in [1.807, 2.05) is 13.8 Å². The molecule has 0 N–H and O–H groups in total. The molecule has 0 spiro atoms. The number of carbonyl (C=O) groups is 3. The van der Waals surface area contributed by atoms with Crippen LogP contribution in [0.5, 0.6) is 17.2 Å². The van der Waals surface area contributed by atoms with Crippen molar-refractivity contribution >= 4 is 51.0 Å². The average molecular weight is 840 g/mol. The molecule has 3 heterocycles. The van der Waals surface area contributed by atoms with Crippen LogP contribution in [0.3, 0.4) is 0 Å². The van der Waals surface area contributed by atoms with Gasteiger partial charge in [-0.3, -0.25) is 19.7 Å². The lowest BCUT2D eigenvalue weighted by molar-refractivity contribution is -0.135. The van der Waals surface area contributed by atoms with Crippen LogP contribution in [0.15, 0.2) is 36.4 Å². The lowest BCUT2D eigenvalue weighted by Crippen LogP contribution is -2.13. The van der Waals surface area contributed by atoms with Crippen molar-refractivity contribution in [3.8, 4) is 17.2 Å². The van der Waals surface area contributed by atoms with Crippen LogP contribution < -0.4 is 14.2 Å². The number of carbonyl (C=O) groups excluding carboxylic acids is 3. The normalized spacial score (nSPS) is 12.0. The highest BCUT2D eigenvalue weighted by molar-refractivity contribution is 5.92. The second kappa shape index (κ2) is 18.6. The maximum absolute atomic E-state index is 14.1. The number of aromatic nitrogens is 3. The molecule has 1 saturated carbocycles. The van der Waals surface area contributed by atoms with Gasteiger partial charge in [0.05, 0.1) is 52.8 Å². The molecule has 3 aromatic carbocycles. The molecule has 7 rings (SSSR count). The summed E-state index contributed by atoms with van der Waals surface area (Å²) in [5.41, 5.74) is 4.16. The molecule has 0 aliphatic heterocycles. The third-order valence-electron chi connectivity index (χ3n) is 9.62. The van der Waals surface area contributed by atoms with Crippen LogP contribution in [0.4, 0.5) is 35.9 Å². The molecular formula is C43H39F6N3O8. The molecule has 0 amide bonds. The SMILES string of the molecule is CCc1nc2ccc(F)c(F)c2c(OC(=O)C2CC2)c1C.CCc1nc2ccc(F)c(F)c2c(OC(=O)OC)c1C.COC(=O)Oc1c(C)c(C)nc2ccc(F)c(F)c12. The molecule has 17 heteroatoms. The van der Waals surface area contributed by atoms with Crippen molar-refractivity contribution in [3.63, 3.8) is 0 Å². The van der Waals surface area contributed by atoms with Crippen molar-refractivity contribution in [2.24, 2.45) is 5.92 Å². The molecular weight excluding hydrogens is 800 g/mol. The van der Waals surface area contributed by atoms with E-state index in [2.05, 4.69) is 24.4 Å². The summed E-state index contributed by atoms with van der Waals surface area (Å²) in [6.45, 7) is 10.4. The molecule has 0 saturated heterocycles. The molecule has 11 nitrogen and oxygen atoms in total. The van der Waals surface area contributed by atoms with Crippen LogP contribution in [0, 0.1) is 68.5 Å². The number of fused-ring (bicyclic) bond motifs is 3. The van der Waals surface area contributed by atoms with Crippen molar-refractivity contribution in [3.05, 3.63) is 105 Å². The van der Waals surface area contributed by atoms with Crippen LogP contribution in [0.1, 0.15) is 60.5 Å². The zero-order valence-corrected chi connectivity index (χ0v) is 33.7. The van der Waals surface area contributed by atoms with Crippen LogP contribution in [0.25, 0.3) is 32.7 Å². The highest BCUT2D eigenvalue weighted by atomic mass is 19.2. The van der Waals surface area contributed by atoms with E-state index in [0.717, 1.165) is 45.3 Å². The van der Waals surface area contributed by atoms with Crippen molar-refractivity contribution in [2.75, 3.05) is 14.2 Å². The summed E-state index contributed by atoms with van der Waals surface area (Å²) >= 11 is 0. The zero-order chi connectivity index (χ0) is 44.2. The first-order valence-corrected chi connectivity index (χ1v) is 18.5. The second-order valence-electron chi connectivity index (χ2n) is 13.5. The maximum Gasteiger partial charge on any atom is 0.513 e. The summed E-state index contributed by atoms with van der Waals surface area (Å²) in [6.07, 6.45) is 0.772. The topological polar surface area (TPSA) is 136 Å². The quantitative estimate of drug-likeness (QED) is 0.117. The third-order valence-corrected chi connectivity index (χ3v) is 9.62. The second-order valence-corrected chi connectivity index (χ2v) is 13.5. The predicted molar refractivity (Wildman–Crippen MR) is 207 cm³/mol. The molecule has 0 radical (unpaired) electrons. The lowest BCUT2D eigenvalue weighted by Gasteiger charge is -2.14. The van der Waals surface area contributed by atoms with E-state index < -0.39 is 47.2 Å². The van der Waals surface area contributed by atoms with E-state index in [0.29, 0.717) is 52.1 Å². The molecule has 0 atom stereocenters. The van der Waals surface area contributed by atoms with Gasteiger partial charge in [0.2, 0.25) is 0 Å². The number of nitrogens with zero attached hydrogens (tertiary/aromatic N) is 3. The van der Waals surface area contributed by atoms with Crippen LogP contribution in [-0.4, -0.2) is 47.5 Å². The summed E-state index contributed by atoms with van der Waals surface area (Å²) in [6, 6.07) is 7.07. The number of esters is 1. The summed E-state index contributed by atoms with van der Waals surface area (Å²) in [4.78, 5) is 47.1. The predicted octanol–water partition coefficient (Wildman–Crippen LogP) is 10.5. The Morgan fingerprint density at radius 1 is 0.550 bits per heavy atom. The minimum atomic E-state index is -1.10. The Balaban J connectivity index is 0.000000171. The number of halogens is 6. The van der Waals surface area contributed by atoms with Gasteiger partial charge < -0.3 is 23.7 Å². The van der Waals surface area contributed by atoms with Crippen molar-refractivity contribution in [1.29, 1.82) is 0 Å². The number of aryl methyl sites for hydroxylation is 3. The van der Waals surface area contributed by atoms with Gasteiger partial charge in [0.15, 0.2) is 46.4 Å². The number of hydrogen-bond acceptors (Lipinski definition) is 11. The highest BCUT2D eigenvalue weighted by Crippen LogP contribution is 2.38. The number of ether oxygens (including phenoxy) is 5. The molecule has 1 aliphatic carbocycles. The van der Waals surface area contributed by atoms with Gasteiger partial charge in [-0.05, 0) is 89.8 Å². The first kappa shape index (κ1) is 44.6. The number of pyridine rings is 3. The first-order valence-electron chi connectivity index (χ1n) is 18.5. The fraction of sp³-hybridized carbons (Fsp3) is 0.302. The Bertz CT molecular complexity index is 2670. The Morgan fingerprint density at radius 2 is 0.900 bits per heavy atom. The number of benzene rings is 3. The highest BCUT2D eigenvalue weighted by Gasteiger charge is 2.33. The standard InChI is InChI=1S/C16H15F2NO2.C14H13F2NO3.C13H11F2NO3/c1-3-11-8(2)15(21-16(20)9-4-5-9)13-12(19-11)7-6-10(17)14(13)18;1-4-9-7(2)13(20-14(18)19-3)11-10(17-9)6-5-8(15)12(11)16;1-6-7(2)16-9-5-4-8(14)11(15)10(9)12(6)19-13(17)18-3/h6-7,9H,3-5H2,1-2H3;5-6H,4H2,1-3H3;4-5H,1-3H3. The average Bonchev–Trinajstić information content (AvgIpc) is 4.09. The summed E-state index contributed by atoms with van der Waals surface area (Å²) in [7, 11) is 2.27. The van der Waals surface area contributed by atoms with Gasteiger partial charge in [-0.2, -0.15) is 0 Å². The number of rotatable bonds is 6. The van der Waals surface area contributed by atoms with Gasteiger partial charge in [-0.25, -0.2) is 35.9 Å². The zero-order valence-electron chi connectivity index (χ0n) is 33.7. The smallest absolute Gasteiger partial charge is 0.437 e. The molecule has 1 fully saturated rings. The van der Waals surface area contributed by atoms with E-state index in [9.17, 15) is 40.7 Å². The minimum Gasteiger partial charge on any atom is -0.437 e. The summed E-state index contributed by atoms with van der Waals surface area (Å²) in [5, 5.41) is -0.391. The van der Waals surface area contributed by atoms with E-state index in [1.54, 1.807) is 27.7 Å². The Morgan fingerprint density at radius 3 is 1.25 bits per heavy atom. The fourth-order valence-corrected chi connectivity index (χ4v) is 6.08. The summed E-state index contributed by atoms with van der Waals surface area (Å²) in [5.74, 6) is -6.80. The Hall–Kier alpha value is -6.52. The maximum atomic E-state index is 14.1. The largest absolute Gasteiger partial charge is 0.513 e. The molecule has 60 heavy (non-hydrogen) atoms. The Kier molecular flexibility index (Phi) is 13.8. The molecule has 1 aliphatic rings. The van der Waals surface area contributed by atoms with Gasteiger partial charge in [0.1, 0.15) is 5.75 Å². The van der Waals surface area contributed by atoms with Gasteiger partial charge in [0.25, 0.3) is 0 Å². The van der Waals surface area contributed by atoms with Crippen molar-refractivity contribution in [1.82, 2.24) is 15.0 Å². The van der Waals surface area contributed by atoms with Crippen molar-refractivity contribution in [2.45, 2.75) is 67.2 Å². The number of methoxy groups -OCH3 is 2. The lowest BCUT2D eigenvalue weighted by atomic mass is 10.1. The van der Waals surface area contributed by atoms with E-state index in [-0.39, 0.29) is 56.3 Å². The monoisotopic (exact) mass is 839 g/mol. The molecule has 3 aromatic heterocycles. The van der Waals surface area contributed by atoms with Gasteiger partial charge in [-0.1, -0.05) is 13.8 Å². The van der Waals surface area contributed by atoms with Gasteiger partial charge in [0, 0.05) is 33.8 Å². The van der Waals surface area contributed by atoms with E-state index in [1.165, 1.54) is 18.2 Å². The molecule has 6 aromatic rings. The van der Waals surface area contributed by atoms with Crippen LogP contribution in [0.2, 0.25) is 0 Å². The van der Waals surface area contributed by atoms with Crippen LogP contribution in [-0.2, 0) is 27.1 Å². The van der Waals surface area contributed by atoms with Crippen LogP contribution >= 0.6 is 0 Å².